The van der Waals surface area contributed by atoms with E-state index >= 15 is 0 Å². The van der Waals surface area contributed by atoms with Gasteiger partial charge in [0.15, 0.2) is 5.78 Å². The number of Topliss-reactive ketones (excluding diaryl/α,β-unsaturated/α-hetero) is 1. The number of ketones is 1. The van der Waals surface area contributed by atoms with Gasteiger partial charge in [-0.1, -0.05) is 90.2 Å². The minimum absolute atomic E-state index is 0.0404. The van der Waals surface area contributed by atoms with E-state index in [2.05, 4.69) is 42.7 Å². The first-order valence-electron chi connectivity index (χ1n) is 16.1. The van der Waals surface area contributed by atoms with E-state index in [-0.39, 0.29) is 23.7 Å². The molecule has 4 atom stereocenters. The van der Waals surface area contributed by atoms with Gasteiger partial charge >= 0.3 is 0 Å². The maximum atomic E-state index is 13.8. The van der Waals surface area contributed by atoms with Gasteiger partial charge < -0.3 is 5.32 Å². The van der Waals surface area contributed by atoms with Crippen LogP contribution in [0.25, 0.3) is 0 Å². The summed E-state index contributed by atoms with van der Waals surface area (Å²) in [5.74, 6) is 3.74. The molecule has 0 spiro atoms. The fourth-order valence-corrected chi connectivity index (χ4v) is 9.34. The van der Waals surface area contributed by atoms with Crippen molar-refractivity contribution in [3.05, 3.63) is 35.4 Å². The lowest BCUT2D eigenvalue weighted by Gasteiger charge is -2.31. The minimum Gasteiger partial charge on any atom is -0.350 e. The fraction of sp³-hybridized carbons (Fsp3) is 0.765. The normalized spacial score (nSPS) is 22.6. The Labute approximate surface area is 248 Å². The Morgan fingerprint density at radius 2 is 1.38 bits per heavy atom. The molecule has 1 aromatic carbocycles. The molecule has 5 heteroatoms. The van der Waals surface area contributed by atoms with Gasteiger partial charge in [-0.15, -0.1) is 0 Å². The number of hydrogen-bond donors (Lipinski definition) is 1. The number of hydrogen-bond acceptors (Lipinski definition) is 4. The number of unbranched alkanes of at least 4 members (excludes halogenated alkanes) is 1. The molecule has 0 radical (unpaired) electrons. The van der Waals surface area contributed by atoms with Crippen molar-refractivity contribution in [2.75, 3.05) is 11.5 Å². The summed E-state index contributed by atoms with van der Waals surface area (Å²) in [6, 6.07) is 7.49. The molecule has 1 N–H and O–H groups in total. The lowest BCUT2D eigenvalue weighted by Crippen LogP contribution is -2.30. The first kappa shape index (κ1) is 32.6. The van der Waals surface area contributed by atoms with Crippen LogP contribution >= 0.6 is 23.5 Å². The summed E-state index contributed by atoms with van der Waals surface area (Å²) in [5.41, 5.74) is 1.38. The molecule has 3 rings (SSSR count). The fourth-order valence-electron chi connectivity index (χ4n) is 6.26. The zero-order chi connectivity index (χ0) is 28.0. The van der Waals surface area contributed by atoms with E-state index in [0.717, 1.165) is 28.9 Å². The predicted molar refractivity (Wildman–Crippen MR) is 172 cm³/mol. The smallest absolute Gasteiger partial charge is 0.251 e. The van der Waals surface area contributed by atoms with E-state index in [1.807, 2.05) is 38.1 Å². The van der Waals surface area contributed by atoms with Crippen LogP contribution in [-0.4, -0.2) is 39.7 Å². The maximum Gasteiger partial charge on any atom is 0.251 e. The molecule has 220 valence electrons. The number of nitrogens with one attached hydrogen (secondary N) is 1. The highest BCUT2D eigenvalue weighted by Crippen LogP contribution is 2.37. The monoisotopic (exact) mass is 573 g/mol. The van der Waals surface area contributed by atoms with Crippen LogP contribution in [0, 0.1) is 17.8 Å². The van der Waals surface area contributed by atoms with Gasteiger partial charge in [0.25, 0.3) is 5.91 Å². The molecule has 0 saturated heterocycles. The lowest BCUT2D eigenvalue weighted by molar-refractivity contribution is 0.0932. The second-order valence-electron chi connectivity index (χ2n) is 12.6. The average Bonchev–Trinajstić information content (AvgIpc) is 2.92. The van der Waals surface area contributed by atoms with Crippen molar-refractivity contribution in [2.24, 2.45) is 17.8 Å². The highest BCUT2D eigenvalue weighted by molar-refractivity contribution is 8.00. The van der Waals surface area contributed by atoms with Crippen LogP contribution in [0.5, 0.6) is 0 Å². The molecule has 1 amide bonds. The predicted octanol–water partition coefficient (Wildman–Crippen LogP) is 9.59. The number of carbonyl (C=O) groups is 2. The summed E-state index contributed by atoms with van der Waals surface area (Å²) < 4.78 is 0. The van der Waals surface area contributed by atoms with Crippen molar-refractivity contribution >= 4 is 35.2 Å². The molecule has 0 aromatic heterocycles. The topological polar surface area (TPSA) is 46.2 Å². The van der Waals surface area contributed by atoms with Gasteiger partial charge in [0.2, 0.25) is 0 Å². The van der Waals surface area contributed by atoms with E-state index in [1.165, 1.54) is 89.9 Å². The van der Waals surface area contributed by atoms with Gasteiger partial charge in [-0.05, 0) is 63.5 Å². The van der Waals surface area contributed by atoms with Crippen LogP contribution < -0.4 is 5.32 Å². The molecule has 3 unspecified atom stereocenters. The quantitative estimate of drug-likeness (QED) is 0.225. The number of rotatable bonds is 14. The third kappa shape index (κ3) is 11.5. The molecule has 2 saturated carbocycles. The van der Waals surface area contributed by atoms with Gasteiger partial charge in [-0.3, -0.25) is 9.59 Å². The van der Waals surface area contributed by atoms with Crippen LogP contribution in [0.1, 0.15) is 138 Å². The zero-order valence-electron chi connectivity index (χ0n) is 25.2. The molecule has 2 aliphatic carbocycles. The van der Waals surface area contributed by atoms with Crippen molar-refractivity contribution < 1.29 is 9.59 Å². The Balaban J connectivity index is 1.66. The van der Waals surface area contributed by atoms with E-state index in [9.17, 15) is 9.59 Å². The van der Waals surface area contributed by atoms with Gasteiger partial charge in [0.05, 0.1) is 0 Å². The molecule has 0 bridgehead atoms. The molecular weight excluding hydrogens is 519 g/mol. The third-order valence-corrected chi connectivity index (χ3v) is 11.9. The molecule has 0 heterocycles. The van der Waals surface area contributed by atoms with Crippen molar-refractivity contribution in [1.29, 1.82) is 0 Å². The first-order valence-corrected chi connectivity index (χ1v) is 18.1. The molecule has 39 heavy (non-hydrogen) atoms. The Hall–Kier alpha value is -0.940. The summed E-state index contributed by atoms with van der Waals surface area (Å²) in [6.07, 6.45) is 18.8. The Morgan fingerprint density at radius 3 is 2.00 bits per heavy atom. The van der Waals surface area contributed by atoms with Crippen LogP contribution in [0.2, 0.25) is 0 Å². The van der Waals surface area contributed by atoms with Crippen molar-refractivity contribution in [3.8, 4) is 0 Å². The van der Waals surface area contributed by atoms with E-state index in [4.69, 9.17) is 0 Å². The van der Waals surface area contributed by atoms with Crippen molar-refractivity contribution in [2.45, 2.75) is 134 Å². The first-order chi connectivity index (χ1) is 18.9. The van der Waals surface area contributed by atoms with Gasteiger partial charge in [-0.25, -0.2) is 0 Å². The number of benzene rings is 1. The maximum absolute atomic E-state index is 13.8. The minimum atomic E-state index is -0.0732. The van der Waals surface area contributed by atoms with Crippen molar-refractivity contribution in [3.63, 3.8) is 0 Å². The number of carbonyl (C=O) groups excluding carboxylic acids is 2. The largest absolute Gasteiger partial charge is 0.350 e. The summed E-state index contributed by atoms with van der Waals surface area (Å²) in [6.45, 7) is 8.72. The van der Waals surface area contributed by atoms with E-state index in [0.29, 0.717) is 16.1 Å². The van der Waals surface area contributed by atoms with Crippen LogP contribution in [0.15, 0.2) is 24.3 Å². The second kappa shape index (κ2) is 17.8. The lowest BCUT2D eigenvalue weighted by atomic mass is 9.80. The Morgan fingerprint density at radius 1 is 0.821 bits per heavy atom. The SMILES string of the molecule is CCCC[C@@H](C)C1CCCCCC(SCC(CSC2CCCCC2)C(=O)c2ccc(C(=O)NC(C)C)cc2)C1. The van der Waals surface area contributed by atoms with Gasteiger partial charge in [0.1, 0.15) is 0 Å². The Kier molecular flexibility index (Phi) is 14.9. The highest BCUT2D eigenvalue weighted by Gasteiger charge is 2.28. The van der Waals surface area contributed by atoms with E-state index < -0.39 is 0 Å². The highest BCUT2D eigenvalue weighted by atomic mass is 32.2. The molecule has 3 nitrogen and oxygen atoms in total. The van der Waals surface area contributed by atoms with Gasteiger partial charge in [-0.2, -0.15) is 23.5 Å². The molecular formula is C34H55NO2S2. The standard InChI is InChI=1S/C34H55NO2S2/c1-5-6-13-26(4)29-14-9-7-12-17-32(22-29)39-24-30(23-38-31-15-10-8-11-16-31)33(36)27-18-20-28(21-19-27)34(37)35-25(2)3/h18-21,25-26,29-32H,5-17,22-24H2,1-4H3,(H,35,37)/t26-,29?,30?,32?/m1/s1. The molecule has 2 fully saturated rings. The summed E-state index contributed by atoms with van der Waals surface area (Å²) >= 11 is 4.15. The van der Waals surface area contributed by atoms with E-state index in [1.54, 1.807) is 0 Å². The van der Waals surface area contributed by atoms with Crippen LogP contribution in [-0.2, 0) is 0 Å². The summed E-state index contributed by atoms with van der Waals surface area (Å²) in [5, 5.41) is 4.34. The molecule has 2 aliphatic rings. The summed E-state index contributed by atoms with van der Waals surface area (Å²) in [4.78, 5) is 26.2. The molecule has 1 aromatic rings. The van der Waals surface area contributed by atoms with Gasteiger partial charge in [0, 0.05) is 45.1 Å². The Bertz CT molecular complexity index is 849. The average molecular weight is 574 g/mol. The van der Waals surface area contributed by atoms with Crippen molar-refractivity contribution in [1.82, 2.24) is 5.32 Å². The summed E-state index contributed by atoms with van der Waals surface area (Å²) in [7, 11) is 0. The zero-order valence-corrected chi connectivity index (χ0v) is 26.9. The van der Waals surface area contributed by atoms with Crippen LogP contribution in [0.4, 0.5) is 0 Å². The third-order valence-electron chi connectivity index (χ3n) is 8.83. The molecule has 0 aliphatic heterocycles. The van der Waals surface area contributed by atoms with Crippen LogP contribution in [0.3, 0.4) is 0 Å². The number of thioether (sulfide) groups is 2. The second-order valence-corrected chi connectivity index (χ2v) is 15.2. The number of amides is 1.